The van der Waals surface area contributed by atoms with Crippen LogP contribution in [0.2, 0.25) is 0 Å². The number of nitrogens with one attached hydrogen (secondary N) is 2. The van der Waals surface area contributed by atoms with Crippen LogP contribution in [-0.2, 0) is 4.74 Å². The van der Waals surface area contributed by atoms with Gasteiger partial charge in [0.2, 0.25) is 0 Å². The topological polar surface area (TPSA) is 50.4 Å². The molecule has 1 atom stereocenters. The Balaban J connectivity index is 0.00000256. The molecule has 1 amide bonds. The minimum absolute atomic E-state index is 0. The van der Waals surface area contributed by atoms with E-state index in [0.717, 1.165) is 19.5 Å². The molecule has 4 nitrogen and oxygen atoms in total. The van der Waals surface area contributed by atoms with E-state index in [1.165, 1.54) is 0 Å². The molecule has 102 valence electrons. The Morgan fingerprint density at radius 2 is 1.88 bits per heavy atom. The number of halogens is 1. The van der Waals surface area contributed by atoms with Crippen LogP contribution in [0, 0.1) is 5.92 Å². The van der Waals surface area contributed by atoms with Gasteiger partial charge < -0.3 is 15.4 Å². The van der Waals surface area contributed by atoms with Crippen LogP contribution in [-0.4, -0.2) is 30.3 Å². The Bertz CT molecular complexity index is 256. The van der Waals surface area contributed by atoms with E-state index in [1.807, 2.05) is 20.8 Å². The van der Waals surface area contributed by atoms with Crippen molar-refractivity contribution in [2.75, 3.05) is 13.1 Å². The highest BCUT2D eigenvalue weighted by Crippen LogP contribution is 2.23. The molecule has 1 fully saturated rings. The van der Waals surface area contributed by atoms with Crippen LogP contribution in [0.5, 0.6) is 0 Å². The fourth-order valence-corrected chi connectivity index (χ4v) is 1.94. The molecule has 0 radical (unpaired) electrons. The van der Waals surface area contributed by atoms with Crippen LogP contribution in [0.25, 0.3) is 0 Å². The lowest BCUT2D eigenvalue weighted by Crippen LogP contribution is -2.51. The molecule has 5 heteroatoms. The number of alkyl carbamates (subject to hydrolysis) is 1. The van der Waals surface area contributed by atoms with Crippen LogP contribution in [0.4, 0.5) is 4.79 Å². The molecular weight excluding hydrogens is 240 g/mol. The lowest BCUT2D eigenvalue weighted by atomic mass is 9.87. The third kappa shape index (κ3) is 5.59. The number of carbonyl (C=O) groups excluding carboxylic acids is 1. The number of amides is 1. The van der Waals surface area contributed by atoms with Gasteiger partial charge in [0, 0.05) is 12.1 Å². The third-order valence-electron chi connectivity index (χ3n) is 2.90. The summed E-state index contributed by atoms with van der Waals surface area (Å²) in [7, 11) is 0. The molecule has 17 heavy (non-hydrogen) atoms. The highest BCUT2D eigenvalue weighted by Gasteiger charge is 2.34. The third-order valence-corrected chi connectivity index (χ3v) is 2.90. The zero-order valence-corrected chi connectivity index (χ0v) is 12.2. The number of hydrogen-bond donors (Lipinski definition) is 2. The molecule has 0 unspecified atom stereocenters. The normalized spacial score (nSPS) is 20.6. The van der Waals surface area contributed by atoms with Crippen molar-refractivity contribution in [2.24, 2.45) is 5.92 Å². The largest absolute Gasteiger partial charge is 0.444 e. The molecule has 0 aromatic rings. The van der Waals surface area contributed by atoms with Gasteiger partial charge in [-0.1, -0.05) is 0 Å². The van der Waals surface area contributed by atoms with Gasteiger partial charge in [-0.05, 0) is 53.5 Å². The van der Waals surface area contributed by atoms with Gasteiger partial charge in [-0.15, -0.1) is 12.4 Å². The molecule has 2 N–H and O–H groups in total. The summed E-state index contributed by atoms with van der Waals surface area (Å²) in [6, 6.07) is 0. The van der Waals surface area contributed by atoms with E-state index < -0.39 is 5.60 Å². The second-order valence-electron chi connectivity index (χ2n) is 6.04. The highest BCUT2D eigenvalue weighted by molar-refractivity contribution is 5.85. The molecule has 0 aliphatic carbocycles. The van der Waals surface area contributed by atoms with E-state index in [-0.39, 0.29) is 24.0 Å². The first-order chi connectivity index (χ1) is 7.21. The maximum Gasteiger partial charge on any atom is 0.408 e. The Hall–Kier alpha value is -0.480. The average molecular weight is 265 g/mol. The second kappa shape index (κ2) is 5.91. The van der Waals surface area contributed by atoms with Crippen molar-refractivity contribution in [3.63, 3.8) is 0 Å². The zero-order valence-electron chi connectivity index (χ0n) is 11.4. The van der Waals surface area contributed by atoms with E-state index in [4.69, 9.17) is 4.74 Å². The molecule has 1 aliphatic rings. The molecule has 1 aliphatic heterocycles. The maximum atomic E-state index is 11.7. The van der Waals surface area contributed by atoms with Gasteiger partial charge in [0.25, 0.3) is 0 Å². The summed E-state index contributed by atoms with van der Waals surface area (Å²) in [6.45, 7) is 11.7. The number of carbonyl (C=O) groups is 1. The molecule has 1 saturated heterocycles. The lowest BCUT2D eigenvalue weighted by molar-refractivity contribution is 0.0441. The molecule has 0 saturated carbocycles. The van der Waals surface area contributed by atoms with Crippen LogP contribution in [0.3, 0.4) is 0 Å². The lowest BCUT2D eigenvalue weighted by Gasteiger charge is -2.33. The predicted molar refractivity (Wildman–Crippen MR) is 71.7 cm³/mol. The molecule has 0 aromatic heterocycles. The summed E-state index contributed by atoms with van der Waals surface area (Å²) in [5, 5.41) is 6.26. The first-order valence-electron chi connectivity index (χ1n) is 5.92. The van der Waals surface area contributed by atoms with Crippen LogP contribution in [0.15, 0.2) is 0 Å². The monoisotopic (exact) mass is 264 g/mol. The van der Waals surface area contributed by atoms with Gasteiger partial charge in [0.15, 0.2) is 0 Å². The molecular formula is C12H25ClN2O2. The fourth-order valence-electron chi connectivity index (χ4n) is 1.94. The van der Waals surface area contributed by atoms with E-state index in [0.29, 0.717) is 5.92 Å². The summed E-state index contributed by atoms with van der Waals surface area (Å²) in [6.07, 6.45) is 0.771. The number of ether oxygens (including phenoxy) is 1. The summed E-state index contributed by atoms with van der Waals surface area (Å²) in [4.78, 5) is 11.7. The Labute approximate surface area is 110 Å². The number of rotatable bonds is 2. The molecule has 0 aromatic carbocycles. The summed E-state index contributed by atoms with van der Waals surface area (Å²) in [5.74, 6) is 0.472. The van der Waals surface area contributed by atoms with Crippen molar-refractivity contribution in [2.45, 2.75) is 52.2 Å². The second-order valence-corrected chi connectivity index (χ2v) is 6.04. The Morgan fingerprint density at radius 3 is 2.29 bits per heavy atom. The molecule has 0 bridgehead atoms. The first-order valence-corrected chi connectivity index (χ1v) is 5.92. The van der Waals surface area contributed by atoms with E-state index in [1.54, 1.807) is 0 Å². The minimum Gasteiger partial charge on any atom is -0.444 e. The van der Waals surface area contributed by atoms with Gasteiger partial charge in [0.1, 0.15) is 5.60 Å². The maximum absolute atomic E-state index is 11.7. The van der Waals surface area contributed by atoms with Crippen LogP contribution >= 0.6 is 12.4 Å². The summed E-state index contributed by atoms with van der Waals surface area (Å²) in [5.41, 5.74) is -0.653. The quantitative estimate of drug-likeness (QED) is 0.805. The average Bonchev–Trinajstić information content (AvgIpc) is 2.49. The van der Waals surface area contributed by atoms with Gasteiger partial charge in [-0.25, -0.2) is 4.79 Å². The van der Waals surface area contributed by atoms with Crippen molar-refractivity contribution < 1.29 is 9.53 Å². The molecule has 0 spiro atoms. The van der Waals surface area contributed by atoms with Gasteiger partial charge >= 0.3 is 6.09 Å². The van der Waals surface area contributed by atoms with Crippen molar-refractivity contribution >= 4 is 18.5 Å². The summed E-state index contributed by atoms with van der Waals surface area (Å²) < 4.78 is 5.26. The summed E-state index contributed by atoms with van der Waals surface area (Å²) >= 11 is 0. The standard InChI is InChI=1S/C12H24N2O2.ClH/c1-11(2,3)16-10(15)14-12(4,5)9-6-7-13-8-9;/h9,13H,6-8H2,1-5H3,(H,14,15);1H/t9-;/m1./s1. The van der Waals surface area contributed by atoms with Gasteiger partial charge in [0.05, 0.1) is 0 Å². The van der Waals surface area contributed by atoms with Gasteiger partial charge in [-0.3, -0.25) is 0 Å². The van der Waals surface area contributed by atoms with Crippen LogP contribution < -0.4 is 10.6 Å². The highest BCUT2D eigenvalue weighted by atomic mass is 35.5. The SMILES string of the molecule is CC(C)(C)OC(=O)NC(C)(C)[C@@H]1CCNC1.Cl. The van der Waals surface area contributed by atoms with E-state index in [2.05, 4.69) is 24.5 Å². The van der Waals surface area contributed by atoms with E-state index in [9.17, 15) is 4.79 Å². The van der Waals surface area contributed by atoms with E-state index >= 15 is 0 Å². The van der Waals surface area contributed by atoms with Crippen molar-refractivity contribution in [1.82, 2.24) is 10.6 Å². The van der Waals surface area contributed by atoms with Crippen molar-refractivity contribution in [3.8, 4) is 0 Å². The molecule has 1 rings (SSSR count). The van der Waals surface area contributed by atoms with Crippen LogP contribution in [0.1, 0.15) is 41.0 Å². The smallest absolute Gasteiger partial charge is 0.408 e. The first kappa shape index (κ1) is 16.5. The minimum atomic E-state index is -0.436. The predicted octanol–water partition coefficient (Wildman–Crippen LogP) is 2.32. The van der Waals surface area contributed by atoms with Crippen molar-refractivity contribution in [1.29, 1.82) is 0 Å². The fraction of sp³-hybridized carbons (Fsp3) is 0.917. The number of hydrogen-bond acceptors (Lipinski definition) is 3. The van der Waals surface area contributed by atoms with Gasteiger partial charge in [-0.2, -0.15) is 0 Å². The Morgan fingerprint density at radius 1 is 1.29 bits per heavy atom. The molecule has 1 heterocycles. The zero-order chi connectivity index (χ0) is 12.4. The Kier molecular flexibility index (Phi) is 5.75. The van der Waals surface area contributed by atoms with Crippen molar-refractivity contribution in [3.05, 3.63) is 0 Å².